The third kappa shape index (κ3) is 11.6. The molecule has 10 heteroatoms. The van der Waals surface area contributed by atoms with Crippen LogP contribution >= 0.6 is 0 Å². The van der Waals surface area contributed by atoms with E-state index < -0.39 is 29.7 Å². The fraction of sp³-hybridized carbons (Fsp3) is 0.432. The smallest absolute Gasteiger partial charge is 0.308 e. The van der Waals surface area contributed by atoms with Crippen molar-refractivity contribution < 1.29 is 33.0 Å². The highest BCUT2D eigenvalue weighted by Gasteiger charge is 2.24. The van der Waals surface area contributed by atoms with Crippen LogP contribution in [0.3, 0.4) is 0 Å². The van der Waals surface area contributed by atoms with Crippen molar-refractivity contribution in [3.63, 3.8) is 0 Å². The maximum atomic E-state index is 14.0. The second-order valence-corrected chi connectivity index (χ2v) is 12.1. The van der Waals surface area contributed by atoms with Crippen LogP contribution in [0.15, 0.2) is 60.7 Å². The van der Waals surface area contributed by atoms with Gasteiger partial charge in [-0.3, -0.25) is 14.4 Å². The van der Waals surface area contributed by atoms with Gasteiger partial charge in [0.1, 0.15) is 11.6 Å². The van der Waals surface area contributed by atoms with Crippen molar-refractivity contribution >= 4 is 17.8 Å². The highest BCUT2D eigenvalue weighted by atomic mass is 19.1. The number of benzene rings is 3. The van der Waals surface area contributed by atoms with E-state index in [1.165, 1.54) is 19.2 Å². The number of ether oxygens (including phenoxy) is 1. The minimum absolute atomic E-state index is 0.0391. The highest BCUT2D eigenvalue weighted by Crippen LogP contribution is 2.17. The van der Waals surface area contributed by atoms with E-state index in [-0.39, 0.29) is 41.9 Å². The number of hydrogen-bond acceptors (Lipinski definition) is 6. The number of aliphatic hydroxyl groups excluding tert-OH is 1. The first-order valence-corrected chi connectivity index (χ1v) is 16.1. The van der Waals surface area contributed by atoms with Crippen LogP contribution in [0.25, 0.3) is 0 Å². The van der Waals surface area contributed by atoms with Crippen LogP contribution in [0.5, 0.6) is 0 Å². The lowest BCUT2D eigenvalue weighted by Crippen LogP contribution is -2.48. The summed E-state index contributed by atoms with van der Waals surface area (Å²) >= 11 is 0. The summed E-state index contributed by atoms with van der Waals surface area (Å²) in [4.78, 5) is 40.5. The average molecular weight is 652 g/mol. The summed E-state index contributed by atoms with van der Waals surface area (Å²) in [6, 6.07) is 14.8. The van der Waals surface area contributed by atoms with Gasteiger partial charge in [-0.1, -0.05) is 45.0 Å². The van der Waals surface area contributed by atoms with Crippen LogP contribution in [0.1, 0.15) is 76.6 Å². The zero-order valence-corrected chi connectivity index (χ0v) is 27.9. The molecule has 0 aliphatic heterocycles. The number of nitrogens with zero attached hydrogens (tertiary/aromatic N) is 1. The van der Waals surface area contributed by atoms with Gasteiger partial charge in [-0.15, -0.1) is 0 Å². The molecular weight excluding hydrogens is 604 g/mol. The Balaban J connectivity index is 1.77. The Morgan fingerprint density at radius 3 is 2.15 bits per heavy atom. The first-order chi connectivity index (χ1) is 22.4. The van der Waals surface area contributed by atoms with Gasteiger partial charge in [0.05, 0.1) is 25.2 Å². The van der Waals surface area contributed by atoms with Crippen LogP contribution in [0.4, 0.5) is 8.78 Å². The Hall–Kier alpha value is -4.15. The molecule has 2 amide bonds. The molecule has 0 saturated carbocycles. The molecule has 8 nitrogen and oxygen atoms in total. The third-order valence-corrected chi connectivity index (χ3v) is 7.84. The Kier molecular flexibility index (Phi) is 14.5. The van der Waals surface area contributed by atoms with Gasteiger partial charge in [-0.05, 0) is 85.2 Å². The van der Waals surface area contributed by atoms with Crippen LogP contribution in [-0.4, -0.2) is 66.7 Å². The Labute approximate surface area is 276 Å². The summed E-state index contributed by atoms with van der Waals surface area (Å²) < 4.78 is 32.9. The summed E-state index contributed by atoms with van der Waals surface area (Å²) in [5.41, 5.74) is 3.53. The number of carbonyl (C=O) groups is 3. The SMILES string of the molecule is CCCN(CCC)C(=O)c1cc(C)cc(C(=O)N[C@@H](Cc2cc(F)cc(F)c2)[C@H](O)CNCc2cccc(C[C@@H](C)C(=O)OC)c2)c1. The van der Waals surface area contributed by atoms with Crippen LogP contribution in [-0.2, 0) is 28.9 Å². The number of nitrogens with one attached hydrogen (secondary N) is 2. The second-order valence-electron chi connectivity index (χ2n) is 12.1. The van der Waals surface area contributed by atoms with Crippen molar-refractivity contribution in [2.24, 2.45) is 5.92 Å². The molecule has 0 aliphatic carbocycles. The van der Waals surface area contributed by atoms with Gasteiger partial charge in [-0.2, -0.15) is 0 Å². The minimum Gasteiger partial charge on any atom is -0.469 e. The standard InChI is InChI=1S/C37H47F2N3O5/c1-6-11-42(12-7-2)36(45)30-14-24(3)13-29(20-30)35(44)41-33(19-28-17-31(38)21-32(39)18-28)34(43)23-40-22-27-10-8-9-26(16-27)15-25(4)37(46)47-5/h8-10,13-14,16-18,20-21,25,33-34,40,43H,6-7,11-12,15,19,22-23H2,1-5H3,(H,41,44)/t25-,33+,34-/m1/s1. The molecule has 3 N–H and O–H groups in total. The monoisotopic (exact) mass is 651 g/mol. The van der Waals surface area contributed by atoms with E-state index in [2.05, 4.69) is 10.6 Å². The maximum Gasteiger partial charge on any atom is 0.308 e. The Morgan fingerprint density at radius 2 is 1.51 bits per heavy atom. The highest BCUT2D eigenvalue weighted by molar-refractivity contribution is 6.00. The van der Waals surface area contributed by atoms with Gasteiger partial charge in [0.25, 0.3) is 11.8 Å². The first-order valence-electron chi connectivity index (χ1n) is 16.1. The van der Waals surface area contributed by atoms with Crippen LogP contribution in [0, 0.1) is 24.5 Å². The molecule has 0 heterocycles. The molecule has 0 radical (unpaired) electrons. The van der Waals surface area contributed by atoms with Crippen molar-refractivity contribution in [3.8, 4) is 0 Å². The third-order valence-electron chi connectivity index (χ3n) is 7.84. The number of amides is 2. The fourth-order valence-electron chi connectivity index (χ4n) is 5.60. The lowest BCUT2D eigenvalue weighted by atomic mass is 9.98. The molecule has 0 aromatic heterocycles. The van der Waals surface area contributed by atoms with E-state index in [0.29, 0.717) is 31.6 Å². The molecule has 3 rings (SSSR count). The zero-order chi connectivity index (χ0) is 34.5. The van der Waals surface area contributed by atoms with Gasteiger partial charge in [0.2, 0.25) is 0 Å². The van der Waals surface area contributed by atoms with Crippen molar-refractivity contribution in [2.45, 2.75) is 72.1 Å². The number of hydrogen-bond donors (Lipinski definition) is 3. The summed E-state index contributed by atoms with van der Waals surface area (Å²) in [5, 5.41) is 17.3. The van der Waals surface area contributed by atoms with Crippen molar-refractivity contribution in [3.05, 3.63) is 106 Å². The zero-order valence-electron chi connectivity index (χ0n) is 27.9. The van der Waals surface area contributed by atoms with E-state index in [0.717, 1.165) is 35.6 Å². The number of aryl methyl sites for hydroxylation is 1. The number of carbonyl (C=O) groups excluding carboxylic acids is 3. The largest absolute Gasteiger partial charge is 0.469 e. The maximum absolute atomic E-state index is 14.0. The Bertz CT molecular complexity index is 1490. The van der Waals surface area contributed by atoms with E-state index in [4.69, 9.17) is 4.74 Å². The topological polar surface area (TPSA) is 108 Å². The first kappa shape index (κ1) is 37.3. The summed E-state index contributed by atoms with van der Waals surface area (Å²) in [6.45, 7) is 9.26. The number of aliphatic hydroxyl groups is 1. The molecule has 3 aromatic rings. The number of methoxy groups -OCH3 is 1. The molecule has 3 aromatic carbocycles. The van der Waals surface area contributed by atoms with Crippen molar-refractivity contribution in [1.82, 2.24) is 15.5 Å². The van der Waals surface area contributed by atoms with Gasteiger partial charge >= 0.3 is 5.97 Å². The van der Waals surface area contributed by atoms with Gasteiger partial charge in [-0.25, -0.2) is 8.78 Å². The summed E-state index contributed by atoms with van der Waals surface area (Å²) in [7, 11) is 1.36. The molecular formula is C37H47F2N3O5. The average Bonchev–Trinajstić information content (AvgIpc) is 3.02. The molecule has 254 valence electrons. The summed E-state index contributed by atoms with van der Waals surface area (Å²) in [6.07, 6.45) is 0.951. The quantitative estimate of drug-likeness (QED) is 0.169. The Morgan fingerprint density at radius 1 is 0.872 bits per heavy atom. The normalized spacial score (nSPS) is 13.0. The fourth-order valence-corrected chi connectivity index (χ4v) is 5.60. The lowest BCUT2D eigenvalue weighted by Gasteiger charge is -2.25. The number of halogens is 2. The minimum atomic E-state index is -1.14. The van der Waals surface area contributed by atoms with E-state index in [9.17, 15) is 28.3 Å². The molecule has 0 bridgehead atoms. The van der Waals surface area contributed by atoms with Crippen molar-refractivity contribution in [2.75, 3.05) is 26.7 Å². The van der Waals surface area contributed by atoms with E-state index in [1.54, 1.807) is 36.9 Å². The summed E-state index contributed by atoms with van der Waals surface area (Å²) in [5.74, 6) is -2.78. The lowest BCUT2D eigenvalue weighted by molar-refractivity contribution is -0.144. The molecule has 47 heavy (non-hydrogen) atoms. The van der Waals surface area contributed by atoms with Gasteiger partial charge in [0, 0.05) is 43.4 Å². The molecule has 0 aliphatic rings. The predicted molar refractivity (Wildman–Crippen MR) is 178 cm³/mol. The van der Waals surface area contributed by atoms with Gasteiger partial charge in [0.15, 0.2) is 0 Å². The molecule has 3 atom stereocenters. The van der Waals surface area contributed by atoms with E-state index >= 15 is 0 Å². The van der Waals surface area contributed by atoms with Crippen LogP contribution in [0.2, 0.25) is 0 Å². The number of esters is 1. The number of rotatable bonds is 17. The molecule has 0 fully saturated rings. The van der Waals surface area contributed by atoms with Crippen LogP contribution < -0.4 is 10.6 Å². The molecule has 0 saturated heterocycles. The molecule has 0 unspecified atom stereocenters. The van der Waals surface area contributed by atoms with Crippen molar-refractivity contribution in [1.29, 1.82) is 0 Å². The van der Waals surface area contributed by atoms with E-state index in [1.807, 2.05) is 38.1 Å². The molecule has 0 spiro atoms. The van der Waals surface area contributed by atoms with Gasteiger partial charge < -0.3 is 25.4 Å². The predicted octanol–water partition coefficient (Wildman–Crippen LogP) is 5.38. The second kappa shape index (κ2) is 18.3.